The number of hydrogen-bond acceptors (Lipinski definition) is 10. The highest BCUT2D eigenvalue weighted by Crippen LogP contribution is 2.31. The number of aromatic nitrogens is 5. The monoisotopic (exact) mass is 689 g/mol. The molecule has 1 aliphatic carbocycles. The standard InChI is InChI=1S/C36H35N9O4S/c1-44-15-14-25(17-33(44)46)32-13-12-30(22-39-32)45(36(47)41-19-24-6-4-3-5-7-24)29-10-8-28(9-11-29)42-35-40-21-27(18-37)34(43-35)26-16-31(23-38-20-26)50(2,48)49/h3-7,12-17,20-23,28-29H,8-11,19H2,1-2H3,(H,41,47)(H,40,42,43)/t28-,29-. The van der Waals surface area contributed by atoms with Crippen LogP contribution >= 0.6 is 0 Å². The molecule has 13 nitrogen and oxygen atoms in total. The van der Waals surface area contributed by atoms with Gasteiger partial charge >= 0.3 is 6.03 Å². The summed E-state index contributed by atoms with van der Waals surface area (Å²) in [5, 5.41) is 16.1. The Balaban J connectivity index is 1.19. The molecule has 4 aromatic heterocycles. The molecule has 14 heteroatoms. The lowest BCUT2D eigenvalue weighted by Crippen LogP contribution is -2.48. The normalized spacial score (nSPS) is 15.9. The van der Waals surface area contributed by atoms with Crippen molar-refractivity contribution in [2.75, 3.05) is 16.5 Å². The summed E-state index contributed by atoms with van der Waals surface area (Å²) in [5.74, 6) is 0.306. The highest BCUT2D eigenvalue weighted by atomic mass is 32.2. The molecule has 0 atom stereocenters. The van der Waals surface area contributed by atoms with Crippen LogP contribution in [-0.4, -0.2) is 57.3 Å². The minimum Gasteiger partial charge on any atom is -0.351 e. The first-order chi connectivity index (χ1) is 24.1. The summed E-state index contributed by atoms with van der Waals surface area (Å²) in [7, 11) is -1.83. The molecular formula is C36H35N9O4S. The fraction of sp³-hybridized carbons (Fsp3) is 0.250. The van der Waals surface area contributed by atoms with Gasteiger partial charge in [-0.2, -0.15) is 5.26 Å². The van der Waals surface area contributed by atoms with Crippen molar-refractivity contribution in [1.82, 2.24) is 29.8 Å². The van der Waals surface area contributed by atoms with Crippen LogP contribution in [-0.2, 0) is 23.4 Å². The van der Waals surface area contributed by atoms with Crippen molar-refractivity contribution >= 4 is 27.5 Å². The number of amides is 2. The molecule has 4 heterocycles. The Morgan fingerprint density at radius 1 is 0.980 bits per heavy atom. The number of sulfone groups is 1. The van der Waals surface area contributed by atoms with Gasteiger partial charge in [-0.15, -0.1) is 0 Å². The molecule has 2 N–H and O–H groups in total. The number of carbonyl (C=O) groups excluding carboxylic acids is 1. The van der Waals surface area contributed by atoms with Crippen molar-refractivity contribution in [1.29, 1.82) is 5.26 Å². The predicted molar refractivity (Wildman–Crippen MR) is 189 cm³/mol. The van der Waals surface area contributed by atoms with E-state index in [2.05, 4.69) is 36.6 Å². The molecule has 254 valence electrons. The lowest BCUT2D eigenvalue weighted by atomic mass is 9.90. The van der Waals surface area contributed by atoms with Gasteiger partial charge in [0.2, 0.25) is 5.95 Å². The highest BCUT2D eigenvalue weighted by Gasteiger charge is 2.31. The second-order valence-corrected chi connectivity index (χ2v) is 14.2. The van der Waals surface area contributed by atoms with Crippen molar-refractivity contribution in [2.24, 2.45) is 7.05 Å². The maximum Gasteiger partial charge on any atom is 0.322 e. The number of aryl methyl sites for hydroxylation is 1. The first kappa shape index (κ1) is 33.9. The molecule has 1 aliphatic rings. The average molecular weight is 690 g/mol. The van der Waals surface area contributed by atoms with E-state index in [9.17, 15) is 23.3 Å². The number of pyridine rings is 3. The van der Waals surface area contributed by atoms with Gasteiger partial charge in [-0.05, 0) is 55.5 Å². The Morgan fingerprint density at radius 2 is 1.76 bits per heavy atom. The summed E-state index contributed by atoms with van der Waals surface area (Å²) in [6.07, 6.45) is 11.3. The third-order valence-corrected chi connectivity index (χ3v) is 9.73. The minimum absolute atomic E-state index is 0.0112. The Morgan fingerprint density at radius 3 is 2.44 bits per heavy atom. The van der Waals surface area contributed by atoms with Crippen molar-refractivity contribution in [2.45, 2.75) is 49.2 Å². The Labute approximate surface area is 289 Å². The summed E-state index contributed by atoms with van der Waals surface area (Å²) in [6, 6.07) is 19.9. The topological polar surface area (TPSA) is 176 Å². The third-order valence-electron chi connectivity index (χ3n) is 8.65. The molecule has 2 amide bonds. The maximum atomic E-state index is 13.8. The van der Waals surface area contributed by atoms with Crippen LogP contribution in [0.3, 0.4) is 0 Å². The van der Waals surface area contributed by atoms with Gasteiger partial charge in [-0.25, -0.2) is 23.2 Å². The second-order valence-electron chi connectivity index (χ2n) is 12.2. The van der Waals surface area contributed by atoms with E-state index in [4.69, 9.17) is 0 Å². The van der Waals surface area contributed by atoms with Crippen molar-refractivity contribution in [3.63, 3.8) is 0 Å². The molecule has 0 bridgehead atoms. The van der Waals surface area contributed by atoms with Gasteiger partial charge in [-0.3, -0.25) is 19.7 Å². The van der Waals surface area contributed by atoms with Crippen LogP contribution in [0, 0.1) is 11.3 Å². The zero-order valence-corrected chi connectivity index (χ0v) is 28.3. The van der Waals surface area contributed by atoms with Crippen LogP contribution in [0.15, 0.2) is 101 Å². The molecule has 50 heavy (non-hydrogen) atoms. The van der Waals surface area contributed by atoms with Gasteiger partial charge in [0.1, 0.15) is 6.07 Å². The van der Waals surface area contributed by atoms with Crippen LogP contribution in [0.2, 0.25) is 0 Å². The van der Waals surface area contributed by atoms with Crippen molar-refractivity contribution in [3.05, 3.63) is 113 Å². The molecule has 0 saturated heterocycles. The average Bonchev–Trinajstić information content (AvgIpc) is 3.13. The van der Waals surface area contributed by atoms with E-state index in [-0.39, 0.29) is 39.8 Å². The molecular weight excluding hydrogens is 655 g/mol. The Kier molecular flexibility index (Phi) is 9.96. The van der Waals surface area contributed by atoms with Crippen molar-refractivity contribution < 1.29 is 13.2 Å². The number of benzene rings is 1. The van der Waals surface area contributed by atoms with Gasteiger partial charge in [0.25, 0.3) is 5.56 Å². The molecule has 0 unspecified atom stereocenters. The van der Waals surface area contributed by atoms with Crippen LogP contribution in [0.25, 0.3) is 22.5 Å². The number of nitrogens with zero attached hydrogens (tertiary/aromatic N) is 7. The van der Waals surface area contributed by atoms with E-state index in [0.29, 0.717) is 60.7 Å². The first-order valence-corrected chi connectivity index (χ1v) is 17.9. The number of nitrogens with one attached hydrogen (secondary N) is 2. The first-order valence-electron chi connectivity index (χ1n) is 16.0. The Bertz CT molecular complexity index is 2210. The van der Waals surface area contributed by atoms with Gasteiger partial charge in [0, 0.05) is 67.7 Å². The minimum atomic E-state index is -3.51. The van der Waals surface area contributed by atoms with Crippen LogP contribution in [0.4, 0.5) is 16.4 Å². The Hall–Kier alpha value is -5.94. The van der Waals surface area contributed by atoms with E-state index in [0.717, 1.165) is 11.8 Å². The van der Waals surface area contributed by atoms with Crippen LogP contribution in [0.1, 0.15) is 36.8 Å². The summed E-state index contributed by atoms with van der Waals surface area (Å²) >= 11 is 0. The fourth-order valence-corrected chi connectivity index (χ4v) is 6.52. The molecule has 6 rings (SSSR count). The van der Waals surface area contributed by atoms with Gasteiger partial charge in [-0.1, -0.05) is 30.3 Å². The summed E-state index contributed by atoms with van der Waals surface area (Å²) in [5.41, 5.74) is 3.68. The largest absolute Gasteiger partial charge is 0.351 e. The fourth-order valence-electron chi connectivity index (χ4n) is 5.93. The van der Waals surface area contributed by atoms with Crippen molar-refractivity contribution in [3.8, 4) is 28.6 Å². The number of urea groups is 1. The zero-order valence-electron chi connectivity index (χ0n) is 27.5. The molecule has 0 aliphatic heterocycles. The summed E-state index contributed by atoms with van der Waals surface area (Å²) < 4.78 is 25.7. The molecule has 1 saturated carbocycles. The predicted octanol–water partition coefficient (Wildman–Crippen LogP) is 4.71. The van der Waals surface area contributed by atoms with E-state index in [1.165, 1.54) is 35.3 Å². The van der Waals surface area contributed by atoms with E-state index in [1.807, 2.05) is 48.5 Å². The number of anilines is 2. The SMILES string of the molecule is Cn1ccc(-c2ccc(N(C(=O)NCc3ccccc3)[C@H]3CC[C@H](Nc4ncc(C#N)c(-c5cncc(S(C)(=O)=O)c5)n4)CC3)cn2)cc1=O. The number of carbonyl (C=O) groups is 1. The van der Waals surface area contributed by atoms with Crippen LogP contribution in [0.5, 0.6) is 0 Å². The number of rotatable bonds is 9. The second kappa shape index (κ2) is 14.7. The molecule has 0 radical (unpaired) electrons. The van der Waals surface area contributed by atoms with Gasteiger partial charge in [0.05, 0.1) is 39.9 Å². The number of nitriles is 1. The maximum absolute atomic E-state index is 13.8. The summed E-state index contributed by atoms with van der Waals surface area (Å²) in [6.45, 7) is 0.368. The van der Waals surface area contributed by atoms with E-state index in [1.54, 1.807) is 24.3 Å². The summed E-state index contributed by atoms with van der Waals surface area (Å²) in [4.78, 5) is 45.3. The quantitative estimate of drug-likeness (QED) is 0.220. The van der Waals surface area contributed by atoms with Gasteiger partial charge in [0.15, 0.2) is 9.84 Å². The van der Waals surface area contributed by atoms with Crippen LogP contribution < -0.4 is 21.1 Å². The lowest BCUT2D eigenvalue weighted by molar-refractivity contribution is 0.240. The lowest BCUT2D eigenvalue weighted by Gasteiger charge is -2.37. The zero-order chi connectivity index (χ0) is 35.3. The smallest absolute Gasteiger partial charge is 0.322 e. The molecule has 1 fully saturated rings. The number of hydrogen-bond donors (Lipinski definition) is 2. The van der Waals surface area contributed by atoms with E-state index >= 15 is 0 Å². The highest BCUT2D eigenvalue weighted by molar-refractivity contribution is 7.90. The molecule has 0 spiro atoms. The molecule has 5 aromatic rings. The van der Waals surface area contributed by atoms with E-state index < -0.39 is 9.84 Å². The third kappa shape index (κ3) is 7.85. The van der Waals surface area contributed by atoms with Gasteiger partial charge < -0.3 is 15.2 Å². The molecule has 1 aromatic carbocycles.